The molecule has 0 aromatic carbocycles. The molecule has 0 aromatic heterocycles. The van der Waals surface area contributed by atoms with Crippen LogP contribution < -0.4 is 5.32 Å². The Morgan fingerprint density at radius 1 is 1.25 bits per heavy atom. The van der Waals surface area contributed by atoms with Crippen LogP contribution in [0.3, 0.4) is 0 Å². The van der Waals surface area contributed by atoms with Gasteiger partial charge in [-0.2, -0.15) is 13.5 Å². The van der Waals surface area contributed by atoms with Crippen LogP contribution >= 0.6 is 0 Å². The lowest BCUT2D eigenvalue weighted by Crippen LogP contribution is -2.53. The smallest absolute Gasteiger partial charge is 0.351 e. The number of nitrogens with one attached hydrogen (secondary N) is 1. The number of piperidine rings is 2. The summed E-state index contributed by atoms with van der Waals surface area (Å²) in [6, 6.07) is -1.73. The number of urea groups is 1. The summed E-state index contributed by atoms with van der Waals surface area (Å²) in [6.07, 6.45) is 2.59. The van der Waals surface area contributed by atoms with Crippen LogP contribution in [0.5, 0.6) is 0 Å². The van der Waals surface area contributed by atoms with Gasteiger partial charge < -0.3 is 15.1 Å². The van der Waals surface area contributed by atoms with Gasteiger partial charge in [0.1, 0.15) is 6.04 Å². The van der Waals surface area contributed by atoms with Gasteiger partial charge in [0, 0.05) is 12.6 Å². The predicted octanol–water partition coefficient (Wildman–Crippen LogP) is -0.800. The molecule has 0 aromatic rings. The Kier molecular flexibility index (Phi) is 4.69. The normalized spacial score (nSPS) is 29.2. The van der Waals surface area contributed by atoms with Crippen LogP contribution in [-0.2, 0) is 19.5 Å². The van der Waals surface area contributed by atoms with E-state index in [1.54, 1.807) is 0 Å². The van der Waals surface area contributed by atoms with E-state index in [4.69, 9.17) is 4.55 Å². The molecule has 3 saturated heterocycles. The first kappa shape index (κ1) is 17.4. The second kappa shape index (κ2) is 6.47. The average molecular weight is 362 g/mol. The number of rotatable bonds is 4. The summed E-state index contributed by atoms with van der Waals surface area (Å²) in [5.74, 6) is -0.218. The Bertz CT molecular complexity index is 618. The van der Waals surface area contributed by atoms with Crippen molar-refractivity contribution in [2.75, 3.05) is 26.7 Å². The lowest BCUT2D eigenvalue weighted by Gasteiger charge is -2.33. The standard InChI is InChI=1S/C13H22N4O6S/c1-15-6-4-9(5-7-15)14-12(18)11-3-2-10-8-16(11)13(19)17(10)23-24(20,21)22/h9-11H,2-8H2,1H3,(H,14,18)(H,20,21,22)/t10-,11+/m1/s1. The third-order valence-corrected chi connectivity index (χ3v) is 5.21. The third-order valence-electron chi connectivity index (χ3n) is 4.86. The quantitative estimate of drug-likeness (QED) is 0.628. The van der Waals surface area contributed by atoms with Gasteiger partial charge in [-0.1, -0.05) is 0 Å². The number of carbonyl (C=O) groups is 2. The fraction of sp³-hybridized carbons (Fsp3) is 0.846. The van der Waals surface area contributed by atoms with E-state index < -0.39 is 28.5 Å². The second-order valence-corrected chi connectivity index (χ2v) is 7.60. The van der Waals surface area contributed by atoms with E-state index in [0.717, 1.165) is 25.9 Å². The number of hydrogen-bond acceptors (Lipinski definition) is 6. The monoisotopic (exact) mass is 362 g/mol. The van der Waals surface area contributed by atoms with Crippen molar-refractivity contribution in [1.29, 1.82) is 0 Å². The minimum absolute atomic E-state index is 0.0919. The van der Waals surface area contributed by atoms with Crippen molar-refractivity contribution in [3.05, 3.63) is 0 Å². The largest absolute Gasteiger partial charge is 0.418 e. The summed E-state index contributed by atoms with van der Waals surface area (Å²) in [7, 11) is -2.74. The Morgan fingerprint density at radius 2 is 1.92 bits per heavy atom. The summed E-state index contributed by atoms with van der Waals surface area (Å²) in [6.45, 7) is 2.03. The van der Waals surface area contributed by atoms with Gasteiger partial charge in [0.05, 0.1) is 6.04 Å². The minimum atomic E-state index is -4.77. The molecule has 3 fully saturated rings. The van der Waals surface area contributed by atoms with Gasteiger partial charge in [0.25, 0.3) is 0 Å². The molecule has 3 rings (SSSR count). The molecule has 3 amide bonds. The van der Waals surface area contributed by atoms with Crippen molar-refractivity contribution in [3.8, 4) is 0 Å². The molecule has 2 bridgehead atoms. The molecule has 2 N–H and O–H groups in total. The maximum atomic E-state index is 12.5. The van der Waals surface area contributed by atoms with Crippen molar-refractivity contribution in [2.24, 2.45) is 0 Å². The highest BCUT2D eigenvalue weighted by Crippen LogP contribution is 2.30. The SMILES string of the molecule is CN1CCC(NC(=O)[C@@H]2CC[C@@H]3CN2C(=O)N3OS(=O)(=O)O)CC1. The molecule has 0 saturated carbocycles. The van der Waals surface area contributed by atoms with Crippen LogP contribution in [0, 0.1) is 0 Å². The molecule has 0 radical (unpaired) electrons. The number of carbonyl (C=O) groups excluding carboxylic acids is 2. The van der Waals surface area contributed by atoms with E-state index in [2.05, 4.69) is 14.5 Å². The van der Waals surface area contributed by atoms with Crippen LogP contribution in [0.2, 0.25) is 0 Å². The van der Waals surface area contributed by atoms with E-state index in [1.807, 2.05) is 7.05 Å². The number of hydroxylamine groups is 2. The van der Waals surface area contributed by atoms with Crippen molar-refractivity contribution >= 4 is 22.3 Å². The number of likely N-dealkylation sites (tertiary alicyclic amines) is 1. The topological polar surface area (TPSA) is 119 Å². The maximum Gasteiger partial charge on any atom is 0.418 e. The number of hydrogen-bond donors (Lipinski definition) is 2. The minimum Gasteiger partial charge on any atom is -0.351 e. The van der Waals surface area contributed by atoms with E-state index in [-0.39, 0.29) is 18.5 Å². The van der Waals surface area contributed by atoms with Gasteiger partial charge in [0.15, 0.2) is 0 Å². The van der Waals surface area contributed by atoms with E-state index >= 15 is 0 Å². The molecule has 11 heteroatoms. The van der Waals surface area contributed by atoms with Crippen molar-refractivity contribution in [2.45, 2.75) is 43.8 Å². The number of amides is 3. The first-order valence-corrected chi connectivity index (χ1v) is 9.37. The zero-order chi connectivity index (χ0) is 17.5. The van der Waals surface area contributed by atoms with Crippen LogP contribution in [-0.4, -0.2) is 84.6 Å². The molecule has 3 heterocycles. The highest BCUT2D eigenvalue weighted by atomic mass is 32.3. The second-order valence-electron chi connectivity index (χ2n) is 6.60. The molecule has 0 aliphatic carbocycles. The highest BCUT2D eigenvalue weighted by Gasteiger charge is 2.49. The summed E-state index contributed by atoms with van der Waals surface area (Å²) < 4.78 is 34.9. The summed E-state index contributed by atoms with van der Waals surface area (Å²) in [5, 5.41) is 3.64. The van der Waals surface area contributed by atoms with Gasteiger partial charge in [-0.15, -0.1) is 4.28 Å². The highest BCUT2D eigenvalue weighted by molar-refractivity contribution is 7.80. The third kappa shape index (κ3) is 3.63. The van der Waals surface area contributed by atoms with Gasteiger partial charge in [-0.25, -0.2) is 4.79 Å². The first-order valence-electron chi connectivity index (χ1n) is 8.00. The maximum absolute atomic E-state index is 12.5. The molecular weight excluding hydrogens is 340 g/mol. The van der Waals surface area contributed by atoms with Crippen LogP contribution in [0.1, 0.15) is 25.7 Å². The fourth-order valence-electron chi connectivity index (χ4n) is 3.55. The summed E-state index contributed by atoms with van der Waals surface area (Å²) >= 11 is 0. The van der Waals surface area contributed by atoms with Crippen molar-refractivity contribution in [1.82, 2.24) is 20.2 Å². The molecule has 136 valence electrons. The Morgan fingerprint density at radius 3 is 2.54 bits per heavy atom. The zero-order valence-electron chi connectivity index (χ0n) is 13.4. The van der Waals surface area contributed by atoms with E-state index in [0.29, 0.717) is 17.9 Å². The van der Waals surface area contributed by atoms with Gasteiger partial charge >= 0.3 is 16.4 Å². The van der Waals surface area contributed by atoms with Crippen LogP contribution in [0.15, 0.2) is 0 Å². The Balaban J connectivity index is 1.62. The Labute approximate surface area is 140 Å². The zero-order valence-corrected chi connectivity index (χ0v) is 14.2. The first-order chi connectivity index (χ1) is 11.2. The molecule has 0 spiro atoms. The van der Waals surface area contributed by atoms with Crippen molar-refractivity contribution in [3.63, 3.8) is 0 Å². The number of fused-ring (bicyclic) bond motifs is 2. The molecular formula is C13H22N4O6S. The summed E-state index contributed by atoms with van der Waals surface area (Å²) in [4.78, 5) is 28.3. The molecule has 24 heavy (non-hydrogen) atoms. The van der Waals surface area contributed by atoms with E-state index in [1.165, 1.54) is 4.90 Å². The Hall–Kier alpha value is -1.43. The molecule has 0 unspecified atom stereocenters. The average Bonchev–Trinajstić information content (AvgIpc) is 2.73. The predicted molar refractivity (Wildman–Crippen MR) is 82.0 cm³/mol. The van der Waals surface area contributed by atoms with E-state index in [9.17, 15) is 18.0 Å². The molecule has 3 aliphatic rings. The summed E-state index contributed by atoms with van der Waals surface area (Å²) in [5.41, 5.74) is 0. The molecule has 10 nitrogen and oxygen atoms in total. The lowest BCUT2D eigenvalue weighted by atomic mass is 9.99. The van der Waals surface area contributed by atoms with Crippen LogP contribution in [0.4, 0.5) is 4.79 Å². The van der Waals surface area contributed by atoms with Crippen molar-refractivity contribution < 1.29 is 26.8 Å². The fourth-order valence-corrected chi connectivity index (χ4v) is 3.94. The van der Waals surface area contributed by atoms with Gasteiger partial charge in [0.2, 0.25) is 5.91 Å². The lowest BCUT2D eigenvalue weighted by molar-refractivity contribution is -0.127. The van der Waals surface area contributed by atoms with Gasteiger partial charge in [-0.05, 0) is 45.8 Å². The molecule has 2 atom stereocenters. The van der Waals surface area contributed by atoms with Crippen LogP contribution in [0.25, 0.3) is 0 Å². The molecule has 3 aliphatic heterocycles. The van der Waals surface area contributed by atoms with Gasteiger partial charge in [-0.3, -0.25) is 9.35 Å². The number of nitrogens with zero attached hydrogens (tertiary/aromatic N) is 3.